The minimum Gasteiger partial charge on any atom is -0.369 e. The molecule has 2 nitrogen and oxygen atoms in total. The first-order valence-electron chi connectivity index (χ1n) is 7.04. The minimum atomic E-state index is -4.14. The van der Waals surface area contributed by atoms with Crippen LogP contribution in [0.3, 0.4) is 0 Å². The monoisotopic (exact) mass is 279 g/mol. The maximum atomic E-state index is 12.9. The van der Waals surface area contributed by atoms with Gasteiger partial charge < -0.3 is 10.1 Å². The van der Waals surface area contributed by atoms with Crippen LogP contribution in [0.15, 0.2) is 0 Å². The number of alkyl halides is 3. The predicted octanol–water partition coefficient (Wildman–Crippen LogP) is 3.65. The van der Waals surface area contributed by atoms with Crippen molar-refractivity contribution >= 4 is 0 Å². The second-order valence-electron chi connectivity index (χ2n) is 7.07. The molecule has 2 fully saturated rings. The zero-order valence-corrected chi connectivity index (χ0v) is 12.1. The molecule has 2 rings (SSSR count). The van der Waals surface area contributed by atoms with Gasteiger partial charge in [0.1, 0.15) is 6.04 Å². The van der Waals surface area contributed by atoms with Gasteiger partial charge in [0.2, 0.25) is 0 Å². The van der Waals surface area contributed by atoms with Crippen molar-refractivity contribution in [3.63, 3.8) is 0 Å². The summed E-state index contributed by atoms with van der Waals surface area (Å²) >= 11 is 0. The van der Waals surface area contributed by atoms with E-state index >= 15 is 0 Å². The predicted molar refractivity (Wildman–Crippen MR) is 68.0 cm³/mol. The lowest BCUT2D eigenvalue weighted by Gasteiger charge is -2.39. The molecule has 19 heavy (non-hydrogen) atoms. The van der Waals surface area contributed by atoms with Gasteiger partial charge in [0.25, 0.3) is 0 Å². The van der Waals surface area contributed by atoms with Crippen LogP contribution in [0.1, 0.15) is 53.4 Å². The summed E-state index contributed by atoms with van der Waals surface area (Å²) < 4.78 is 44.6. The molecule has 0 aromatic heterocycles. The highest BCUT2D eigenvalue weighted by molar-refractivity contribution is 5.01. The third kappa shape index (κ3) is 3.24. The lowest BCUT2D eigenvalue weighted by atomic mass is 9.78. The molecule has 0 amide bonds. The molecular weight excluding hydrogens is 255 g/mol. The summed E-state index contributed by atoms with van der Waals surface area (Å²) in [6.45, 7) is 8.01. The van der Waals surface area contributed by atoms with E-state index in [0.29, 0.717) is 6.42 Å². The molecule has 0 aromatic rings. The SMILES string of the molecule is CC1(C)CC(C2CCCC(C(F)(F)F)N2)C(C)(C)O1. The first kappa shape index (κ1) is 15.1. The fraction of sp³-hybridized carbons (Fsp3) is 1.00. The van der Waals surface area contributed by atoms with Crippen molar-refractivity contribution in [2.45, 2.75) is 82.8 Å². The van der Waals surface area contributed by atoms with Gasteiger partial charge in [-0.15, -0.1) is 0 Å². The summed E-state index contributed by atoms with van der Waals surface area (Å²) in [7, 11) is 0. The Labute approximate surface area is 113 Å². The molecule has 112 valence electrons. The van der Waals surface area contributed by atoms with Crippen LogP contribution in [-0.4, -0.2) is 29.5 Å². The highest BCUT2D eigenvalue weighted by Gasteiger charge is 2.51. The van der Waals surface area contributed by atoms with Gasteiger partial charge in [-0.25, -0.2) is 0 Å². The van der Waals surface area contributed by atoms with Crippen molar-refractivity contribution in [2.75, 3.05) is 0 Å². The van der Waals surface area contributed by atoms with Crippen molar-refractivity contribution < 1.29 is 17.9 Å². The van der Waals surface area contributed by atoms with Crippen LogP contribution in [0.25, 0.3) is 0 Å². The third-order valence-electron chi connectivity index (χ3n) is 4.45. The molecule has 0 radical (unpaired) electrons. The summed E-state index contributed by atoms with van der Waals surface area (Å²) in [6, 6.07) is -1.46. The van der Waals surface area contributed by atoms with Crippen LogP contribution in [0, 0.1) is 5.92 Å². The summed E-state index contributed by atoms with van der Waals surface area (Å²) in [5.74, 6) is 0.132. The number of hydrogen-bond donors (Lipinski definition) is 1. The molecule has 2 aliphatic rings. The Hall–Kier alpha value is -0.290. The Morgan fingerprint density at radius 1 is 1.11 bits per heavy atom. The minimum absolute atomic E-state index is 0.0999. The van der Waals surface area contributed by atoms with Crippen molar-refractivity contribution in [1.29, 1.82) is 0 Å². The van der Waals surface area contributed by atoms with Crippen LogP contribution < -0.4 is 5.32 Å². The number of ether oxygens (including phenoxy) is 1. The molecule has 0 bridgehead atoms. The van der Waals surface area contributed by atoms with E-state index in [1.165, 1.54) is 0 Å². The first-order valence-corrected chi connectivity index (χ1v) is 7.04. The second-order valence-corrected chi connectivity index (χ2v) is 7.07. The third-order valence-corrected chi connectivity index (χ3v) is 4.45. The molecular formula is C14H24F3NO. The normalized spacial score (nSPS) is 38.4. The Balaban J connectivity index is 2.10. The number of rotatable bonds is 1. The largest absolute Gasteiger partial charge is 0.403 e. The van der Waals surface area contributed by atoms with Crippen LogP contribution in [0.2, 0.25) is 0 Å². The van der Waals surface area contributed by atoms with E-state index < -0.39 is 12.2 Å². The zero-order valence-electron chi connectivity index (χ0n) is 12.1. The molecule has 0 spiro atoms. The summed E-state index contributed by atoms with van der Waals surface area (Å²) in [4.78, 5) is 0. The number of piperidine rings is 1. The average molecular weight is 279 g/mol. The molecule has 2 heterocycles. The van der Waals surface area contributed by atoms with Gasteiger partial charge in [0.05, 0.1) is 11.2 Å². The van der Waals surface area contributed by atoms with Crippen molar-refractivity contribution in [3.8, 4) is 0 Å². The molecule has 3 unspecified atom stereocenters. The standard InChI is InChI=1S/C14H24F3NO/c1-12(2)8-9(13(3,4)19-12)10-6-5-7-11(18-10)14(15,16)17/h9-11,18H,5-8H2,1-4H3. The quantitative estimate of drug-likeness (QED) is 0.791. The molecule has 2 aliphatic heterocycles. The van der Waals surface area contributed by atoms with Gasteiger partial charge >= 0.3 is 6.18 Å². The van der Waals surface area contributed by atoms with E-state index in [0.717, 1.165) is 12.8 Å². The van der Waals surface area contributed by atoms with Crippen LogP contribution >= 0.6 is 0 Å². The zero-order chi connectivity index (χ0) is 14.5. The van der Waals surface area contributed by atoms with Crippen molar-refractivity contribution in [2.24, 2.45) is 5.92 Å². The van der Waals surface area contributed by atoms with Gasteiger partial charge in [-0.3, -0.25) is 0 Å². The van der Waals surface area contributed by atoms with E-state index in [2.05, 4.69) is 5.32 Å². The lowest BCUT2D eigenvalue weighted by Crippen LogP contribution is -2.55. The molecule has 2 saturated heterocycles. The number of halogens is 3. The molecule has 0 saturated carbocycles. The second kappa shape index (κ2) is 4.62. The number of nitrogens with one attached hydrogen (secondary N) is 1. The van der Waals surface area contributed by atoms with E-state index in [-0.39, 0.29) is 29.6 Å². The molecule has 3 atom stereocenters. The van der Waals surface area contributed by atoms with Gasteiger partial charge in [-0.05, 0) is 53.4 Å². The fourth-order valence-corrected chi connectivity index (χ4v) is 3.77. The van der Waals surface area contributed by atoms with Crippen LogP contribution in [-0.2, 0) is 4.74 Å². The van der Waals surface area contributed by atoms with Crippen molar-refractivity contribution in [3.05, 3.63) is 0 Å². The van der Waals surface area contributed by atoms with Crippen molar-refractivity contribution in [1.82, 2.24) is 5.32 Å². The van der Waals surface area contributed by atoms with Gasteiger partial charge in [-0.2, -0.15) is 13.2 Å². The Morgan fingerprint density at radius 2 is 1.74 bits per heavy atom. The first-order chi connectivity index (χ1) is 8.51. The smallest absolute Gasteiger partial charge is 0.369 e. The maximum Gasteiger partial charge on any atom is 0.403 e. The van der Waals surface area contributed by atoms with Gasteiger partial charge in [0.15, 0.2) is 0 Å². The topological polar surface area (TPSA) is 21.3 Å². The molecule has 0 aliphatic carbocycles. The Bertz CT molecular complexity index is 338. The Morgan fingerprint density at radius 3 is 2.21 bits per heavy atom. The van der Waals surface area contributed by atoms with E-state index in [9.17, 15) is 13.2 Å². The average Bonchev–Trinajstić information content (AvgIpc) is 2.46. The highest BCUT2D eigenvalue weighted by atomic mass is 19.4. The lowest BCUT2D eigenvalue weighted by molar-refractivity contribution is -0.166. The number of hydrogen-bond acceptors (Lipinski definition) is 2. The summed E-state index contributed by atoms with van der Waals surface area (Å²) in [5.41, 5.74) is -0.615. The van der Waals surface area contributed by atoms with Crippen LogP contribution in [0.4, 0.5) is 13.2 Å². The Kier molecular flexibility index (Phi) is 3.67. The summed E-state index contributed by atoms with van der Waals surface area (Å²) in [5, 5.41) is 2.82. The molecule has 0 aromatic carbocycles. The van der Waals surface area contributed by atoms with Crippen LogP contribution in [0.5, 0.6) is 0 Å². The van der Waals surface area contributed by atoms with Gasteiger partial charge in [0, 0.05) is 12.0 Å². The van der Waals surface area contributed by atoms with E-state index in [4.69, 9.17) is 4.74 Å². The van der Waals surface area contributed by atoms with Gasteiger partial charge in [-0.1, -0.05) is 0 Å². The highest BCUT2D eigenvalue weighted by Crippen LogP contribution is 2.45. The molecule has 5 heteroatoms. The molecule has 1 N–H and O–H groups in total. The fourth-order valence-electron chi connectivity index (χ4n) is 3.77. The maximum absolute atomic E-state index is 12.9. The van der Waals surface area contributed by atoms with E-state index in [1.54, 1.807) is 0 Å². The van der Waals surface area contributed by atoms with E-state index in [1.807, 2.05) is 27.7 Å². The summed E-state index contributed by atoms with van der Waals surface area (Å²) in [6.07, 6.45) is -1.70.